The molecule has 3 heteroatoms. The fourth-order valence-electron chi connectivity index (χ4n) is 4.66. The van der Waals surface area contributed by atoms with Crippen molar-refractivity contribution in [3.05, 3.63) is 0 Å². The van der Waals surface area contributed by atoms with E-state index in [0.717, 1.165) is 37.3 Å². The molecule has 3 fully saturated rings. The van der Waals surface area contributed by atoms with E-state index in [4.69, 9.17) is 0 Å². The van der Waals surface area contributed by atoms with Gasteiger partial charge in [-0.2, -0.15) is 0 Å². The topological polar surface area (TPSA) is 32.3 Å². The highest BCUT2D eigenvalue weighted by atomic mass is 16.2. The second-order valence-electron chi connectivity index (χ2n) is 6.91. The monoisotopic (exact) mass is 264 g/mol. The summed E-state index contributed by atoms with van der Waals surface area (Å²) in [5.74, 6) is 3.06. The van der Waals surface area contributed by atoms with E-state index in [1.165, 1.54) is 44.9 Å². The van der Waals surface area contributed by atoms with Gasteiger partial charge in [0.15, 0.2) is 0 Å². The predicted molar refractivity (Wildman–Crippen MR) is 76.8 cm³/mol. The minimum absolute atomic E-state index is 0.0725. The standard InChI is InChI=1S/C16H28N2O/c1-17-15-7-2-3-8-18(16(15)19)11-14-10-12-5-4-6-13(14)9-12/h12-15,17H,2-11H2,1H3. The number of rotatable bonds is 3. The maximum atomic E-state index is 12.5. The second kappa shape index (κ2) is 5.82. The number of carbonyl (C=O) groups is 1. The number of carbonyl (C=O) groups excluding carboxylic acids is 1. The van der Waals surface area contributed by atoms with Crippen LogP contribution >= 0.6 is 0 Å². The van der Waals surface area contributed by atoms with Crippen molar-refractivity contribution in [2.45, 2.75) is 57.4 Å². The summed E-state index contributed by atoms with van der Waals surface area (Å²) < 4.78 is 0. The summed E-state index contributed by atoms with van der Waals surface area (Å²) in [7, 11) is 1.93. The van der Waals surface area contributed by atoms with Crippen LogP contribution in [0.2, 0.25) is 0 Å². The molecule has 1 N–H and O–H groups in total. The van der Waals surface area contributed by atoms with E-state index >= 15 is 0 Å². The highest BCUT2D eigenvalue weighted by Gasteiger charge is 2.38. The molecule has 1 heterocycles. The molecule has 4 unspecified atom stereocenters. The van der Waals surface area contributed by atoms with E-state index in [-0.39, 0.29) is 6.04 Å². The summed E-state index contributed by atoms with van der Waals surface area (Å²) in [4.78, 5) is 14.7. The van der Waals surface area contributed by atoms with E-state index in [0.29, 0.717) is 5.91 Å². The summed E-state index contributed by atoms with van der Waals surface area (Å²) in [5, 5.41) is 3.20. The summed E-state index contributed by atoms with van der Waals surface area (Å²) >= 11 is 0. The third-order valence-electron chi connectivity index (χ3n) is 5.71. The normalized spacial score (nSPS) is 39.4. The molecule has 3 nitrogen and oxygen atoms in total. The minimum atomic E-state index is 0.0725. The Kier molecular flexibility index (Phi) is 4.11. The molecular weight excluding hydrogens is 236 g/mol. The van der Waals surface area contributed by atoms with Gasteiger partial charge in [-0.3, -0.25) is 4.79 Å². The maximum absolute atomic E-state index is 12.5. The molecule has 2 aliphatic carbocycles. The van der Waals surface area contributed by atoms with Crippen LogP contribution in [-0.4, -0.2) is 37.0 Å². The fourth-order valence-corrected chi connectivity index (χ4v) is 4.66. The van der Waals surface area contributed by atoms with Gasteiger partial charge in [0.25, 0.3) is 0 Å². The van der Waals surface area contributed by atoms with Crippen LogP contribution in [0.4, 0.5) is 0 Å². The molecule has 19 heavy (non-hydrogen) atoms. The van der Waals surface area contributed by atoms with Crippen molar-refractivity contribution in [1.82, 2.24) is 10.2 Å². The molecule has 0 spiro atoms. The quantitative estimate of drug-likeness (QED) is 0.849. The van der Waals surface area contributed by atoms with Crippen LogP contribution < -0.4 is 5.32 Å². The smallest absolute Gasteiger partial charge is 0.239 e. The molecule has 108 valence electrons. The van der Waals surface area contributed by atoms with Crippen molar-refractivity contribution >= 4 is 5.91 Å². The summed E-state index contributed by atoms with van der Waals surface area (Å²) in [6.07, 6.45) is 10.5. The molecule has 1 saturated heterocycles. The Bertz CT molecular complexity index is 331. The lowest BCUT2D eigenvalue weighted by atomic mass is 9.87. The molecule has 0 radical (unpaired) electrons. The van der Waals surface area contributed by atoms with Crippen LogP contribution in [0.3, 0.4) is 0 Å². The molecule has 4 atom stereocenters. The van der Waals surface area contributed by atoms with Gasteiger partial charge < -0.3 is 10.2 Å². The van der Waals surface area contributed by atoms with Crippen molar-refractivity contribution in [2.24, 2.45) is 17.8 Å². The van der Waals surface area contributed by atoms with E-state index in [1.807, 2.05) is 7.05 Å². The number of likely N-dealkylation sites (N-methyl/N-ethyl adjacent to an activating group) is 1. The Morgan fingerprint density at radius 2 is 2.05 bits per heavy atom. The first-order valence-corrected chi connectivity index (χ1v) is 8.24. The molecular formula is C16H28N2O. The first-order valence-electron chi connectivity index (χ1n) is 8.24. The predicted octanol–water partition coefficient (Wildman–Crippen LogP) is 2.41. The second-order valence-corrected chi connectivity index (χ2v) is 6.91. The lowest BCUT2D eigenvalue weighted by molar-refractivity contribution is -0.133. The third kappa shape index (κ3) is 2.81. The van der Waals surface area contributed by atoms with Gasteiger partial charge in [0, 0.05) is 13.1 Å². The van der Waals surface area contributed by atoms with Crippen molar-refractivity contribution in [1.29, 1.82) is 0 Å². The Morgan fingerprint density at radius 3 is 2.84 bits per heavy atom. The van der Waals surface area contributed by atoms with Gasteiger partial charge in [0.1, 0.15) is 0 Å². The van der Waals surface area contributed by atoms with E-state index in [9.17, 15) is 4.79 Å². The minimum Gasteiger partial charge on any atom is -0.341 e. The maximum Gasteiger partial charge on any atom is 0.239 e. The Balaban J connectivity index is 1.63. The summed E-state index contributed by atoms with van der Waals surface area (Å²) in [6, 6.07) is 0.0725. The van der Waals surface area contributed by atoms with Crippen molar-refractivity contribution < 1.29 is 4.79 Å². The zero-order valence-corrected chi connectivity index (χ0v) is 12.2. The highest BCUT2D eigenvalue weighted by molar-refractivity contribution is 5.82. The van der Waals surface area contributed by atoms with Crippen LogP contribution in [0, 0.1) is 17.8 Å². The number of fused-ring (bicyclic) bond motifs is 2. The van der Waals surface area contributed by atoms with Crippen LogP contribution in [0.15, 0.2) is 0 Å². The summed E-state index contributed by atoms with van der Waals surface area (Å²) in [6.45, 7) is 2.03. The van der Waals surface area contributed by atoms with E-state index in [2.05, 4.69) is 10.2 Å². The number of amides is 1. The molecule has 0 aromatic carbocycles. The lowest BCUT2D eigenvalue weighted by Gasteiger charge is -2.29. The van der Waals surface area contributed by atoms with Gasteiger partial charge in [-0.25, -0.2) is 0 Å². The first kappa shape index (κ1) is 13.4. The Morgan fingerprint density at radius 1 is 1.16 bits per heavy atom. The van der Waals surface area contributed by atoms with Gasteiger partial charge in [0.2, 0.25) is 5.91 Å². The first-order chi connectivity index (χ1) is 9.28. The molecule has 1 aliphatic heterocycles. The van der Waals surface area contributed by atoms with Crippen molar-refractivity contribution in [3.8, 4) is 0 Å². The van der Waals surface area contributed by atoms with Gasteiger partial charge in [-0.1, -0.05) is 19.3 Å². The fraction of sp³-hybridized carbons (Fsp3) is 0.938. The molecule has 2 bridgehead atoms. The molecule has 1 amide bonds. The SMILES string of the molecule is CNC1CCCCN(CC2CC3CCCC2C3)C1=O. The number of nitrogens with zero attached hydrogens (tertiary/aromatic N) is 1. The average Bonchev–Trinajstić information content (AvgIpc) is 2.59. The van der Waals surface area contributed by atoms with Gasteiger partial charge in [-0.05, 0) is 56.9 Å². The van der Waals surface area contributed by atoms with Crippen LogP contribution in [0.5, 0.6) is 0 Å². The van der Waals surface area contributed by atoms with Crippen molar-refractivity contribution in [2.75, 3.05) is 20.1 Å². The van der Waals surface area contributed by atoms with Gasteiger partial charge >= 0.3 is 0 Å². The molecule has 3 rings (SSSR count). The van der Waals surface area contributed by atoms with Crippen LogP contribution in [-0.2, 0) is 4.79 Å². The van der Waals surface area contributed by atoms with Gasteiger partial charge in [0.05, 0.1) is 6.04 Å². The highest BCUT2D eigenvalue weighted by Crippen LogP contribution is 2.46. The van der Waals surface area contributed by atoms with Crippen LogP contribution in [0.1, 0.15) is 51.4 Å². The molecule has 3 aliphatic rings. The summed E-state index contributed by atoms with van der Waals surface area (Å²) in [5.41, 5.74) is 0. The third-order valence-corrected chi connectivity index (χ3v) is 5.71. The average molecular weight is 264 g/mol. The van der Waals surface area contributed by atoms with E-state index < -0.39 is 0 Å². The molecule has 2 saturated carbocycles. The Labute approximate surface area is 117 Å². The van der Waals surface area contributed by atoms with Gasteiger partial charge in [-0.15, -0.1) is 0 Å². The largest absolute Gasteiger partial charge is 0.341 e. The molecule has 0 aromatic rings. The van der Waals surface area contributed by atoms with E-state index in [1.54, 1.807) is 0 Å². The van der Waals surface area contributed by atoms with Crippen LogP contribution in [0.25, 0.3) is 0 Å². The lowest BCUT2D eigenvalue weighted by Crippen LogP contribution is -2.46. The number of hydrogen-bond acceptors (Lipinski definition) is 2. The zero-order valence-electron chi connectivity index (χ0n) is 12.2. The van der Waals surface area contributed by atoms with Crippen molar-refractivity contribution in [3.63, 3.8) is 0 Å². The molecule has 0 aromatic heterocycles. The number of likely N-dealkylation sites (tertiary alicyclic amines) is 1. The Hall–Kier alpha value is -0.570. The number of hydrogen-bond donors (Lipinski definition) is 1. The number of nitrogens with one attached hydrogen (secondary N) is 1. The zero-order chi connectivity index (χ0) is 13.2.